The topological polar surface area (TPSA) is 102 Å². The van der Waals surface area contributed by atoms with Gasteiger partial charge in [-0.3, -0.25) is 4.79 Å². The molecule has 0 radical (unpaired) electrons. The molecule has 0 saturated carbocycles. The molecule has 0 fully saturated rings. The number of sulfonamides is 1. The largest absolute Gasteiger partial charge is 0.449 e. The Hall–Kier alpha value is -1.94. The summed E-state index contributed by atoms with van der Waals surface area (Å²) in [4.78, 5) is 25.2. The van der Waals surface area contributed by atoms with Gasteiger partial charge < -0.3 is 10.1 Å². The van der Waals surface area contributed by atoms with E-state index >= 15 is 0 Å². The van der Waals surface area contributed by atoms with Crippen LogP contribution in [0.2, 0.25) is 5.02 Å². The summed E-state index contributed by atoms with van der Waals surface area (Å²) in [5.41, 5.74) is -0.138. The molecule has 0 spiro atoms. The predicted octanol–water partition coefficient (Wildman–Crippen LogP) is 2.17. The molecule has 1 amide bonds. The van der Waals surface area contributed by atoms with Gasteiger partial charge in [-0.2, -0.15) is 0 Å². The molecule has 0 aliphatic heterocycles. The van der Waals surface area contributed by atoms with Crippen LogP contribution < -0.4 is 10.0 Å². The summed E-state index contributed by atoms with van der Waals surface area (Å²) in [7, 11) is -2.49. The quantitative estimate of drug-likeness (QED) is 0.673. The van der Waals surface area contributed by atoms with Crippen molar-refractivity contribution in [3.05, 3.63) is 51.2 Å². The van der Waals surface area contributed by atoms with Gasteiger partial charge in [0, 0.05) is 4.88 Å². The molecule has 2 rings (SSSR count). The molecule has 1 aromatic heterocycles. The number of benzene rings is 1. The second kappa shape index (κ2) is 8.63. The number of thiophene rings is 1. The summed E-state index contributed by atoms with van der Waals surface area (Å²) in [6.45, 7) is 1.75. The number of amides is 1. The number of carbonyl (C=O) groups is 2. The molecule has 0 bridgehead atoms. The van der Waals surface area contributed by atoms with Crippen LogP contribution >= 0.6 is 22.9 Å². The van der Waals surface area contributed by atoms with E-state index < -0.39 is 28.0 Å². The van der Waals surface area contributed by atoms with Crippen LogP contribution in [0.3, 0.4) is 0 Å². The maximum Gasteiger partial charge on any atom is 0.340 e. The molecule has 2 aromatic rings. The van der Waals surface area contributed by atoms with Crippen molar-refractivity contribution < 1.29 is 22.7 Å². The summed E-state index contributed by atoms with van der Waals surface area (Å²) < 4.78 is 30.9. The van der Waals surface area contributed by atoms with Gasteiger partial charge in [0.05, 0.1) is 22.0 Å². The Morgan fingerprint density at radius 2 is 2.04 bits per heavy atom. The third kappa shape index (κ3) is 5.04. The molecule has 0 aliphatic carbocycles. The van der Waals surface area contributed by atoms with Gasteiger partial charge in [0.15, 0.2) is 6.10 Å². The number of rotatable bonds is 7. The van der Waals surface area contributed by atoms with Crippen LogP contribution in [0.4, 0.5) is 0 Å². The minimum atomic E-state index is -3.74. The normalized spacial score (nSPS) is 12.4. The zero-order chi connectivity index (χ0) is 19.3. The molecule has 0 saturated heterocycles. The van der Waals surface area contributed by atoms with Gasteiger partial charge in [-0.1, -0.05) is 17.7 Å². The zero-order valence-corrected chi connectivity index (χ0v) is 16.4. The number of ether oxygens (including phenoxy) is 1. The molecule has 0 aliphatic rings. The molecule has 7 nitrogen and oxygen atoms in total. The molecular formula is C16H17ClN2O5S2. The lowest BCUT2D eigenvalue weighted by molar-refractivity contribution is -0.129. The number of carbonyl (C=O) groups excluding carboxylic acids is 2. The second-order valence-corrected chi connectivity index (χ2v) is 8.52. The molecule has 1 unspecified atom stereocenters. The fourth-order valence-corrected chi connectivity index (χ4v) is 3.55. The van der Waals surface area contributed by atoms with Gasteiger partial charge in [0.1, 0.15) is 0 Å². The third-order valence-electron chi connectivity index (χ3n) is 3.41. The summed E-state index contributed by atoms with van der Waals surface area (Å²) in [5, 5.41) is 4.57. The molecular weight excluding hydrogens is 400 g/mol. The van der Waals surface area contributed by atoms with Crippen molar-refractivity contribution in [1.82, 2.24) is 10.0 Å². The van der Waals surface area contributed by atoms with Gasteiger partial charge in [0.2, 0.25) is 10.0 Å². The standard InChI is InChI=1S/C16H17ClN2O5S2/c1-10(15(20)19-9-11-4-3-7-25-11)24-16(21)13-8-12(5-6-14(13)17)26(22,23)18-2/h3-8,10,18H,9H2,1-2H3,(H,19,20). The Morgan fingerprint density at radius 1 is 1.31 bits per heavy atom. The van der Waals surface area contributed by atoms with E-state index in [0.29, 0.717) is 6.54 Å². The smallest absolute Gasteiger partial charge is 0.340 e. The number of nitrogens with one attached hydrogen (secondary N) is 2. The minimum Gasteiger partial charge on any atom is -0.449 e. The maximum atomic E-state index is 12.3. The van der Waals surface area contributed by atoms with Crippen LogP contribution in [0.15, 0.2) is 40.6 Å². The van der Waals surface area contributed by atoms with Crippen LogP contribution in [0.25, 0.3) is 0 Å². The van der Waals surface area contributed by atoms with E-state index in [-0.39, 0.29) is 15.5 Å². The first-order valence-electron chi connectivity index (χ1n) is 7.48. The lowest BCUT2D eigenvalue weighted by Gasteiger charge is -2.14. The first-order valence-corrected chi connectivity index (χ1v) is 10.2. The lowest BCUT2D eigenvalue weighted by atomic mass is 10.2. The van der Waals surface area contributed by atoms with Crippen LogP contribution in [0, 0.1) is 0 Å². The fraction of sp³-hybridized carbons (Fsp3) is 0.250. The molecule has 1 aromatic carbocycles. The second-order valence-electron chi connectivity index (χ2n) is 5.19. The van der Waals surface area contributed by atoms with Crippen molar-refractivity contribution >= 4 is 44.8 Å². The van der Waals surface area contributed by atoms with Gasteiger partial charge in [-0.25, -0.2) is 17.9 Å². The first-order chi connectivity index (χ1) is 12.2. The van der Waals surface area contributed by atoms with E-state index in [1.54, 1.807) is 0 Å². The van der Waals surface area contributed by atoms with Crippen molar-refractivity contribution in [2.24, 2.45) is 0 Å². The fourth-order valence-electron chi connectivity index (χ4n) is 1.95. The summed E-state index contributed by atoms with van der Waals surface area (Å²) >= 11 is 7.45. The van der Waals surface area contributed by atoms with Crippen molar-refractivity contribution in [2.75, 3.05) is 7.05 Å². The van der Waals surface area contributed by atoms with Crippen LogP contribution in [0.1, 0.15) is 22.2 Å². The predicted molar refractivity (Wildman–Crippen MR) is 98.7 cm³/mol. The SMILES string of the molecule is CNS(=O)(=O)c1ccc(Cl)c(C(=O)OC(C)C(=O)NCc2cccs2)c1. The van der Waals surface area contributed by atoms with Gasteiger partial charge in [-0.15, -0.1) is 11.3 Å². The van der Waals surface area contributed by atoms with Crippen LogP contribution in [-0.2, 0) is 26.1 Å². The van der Waals surface area contributed by atoms with Crippen molar-refractivity contribution in [3.8, 4) is 0 Å². The number of halogens is 1. The average Bonchev–Trinajstić information content (AvgIpc) is 3.13. The molecule has 140 valence electrons. The van der Waals surface area contributed by atoms with E-state index in [1.807, 2.05) is 17.5 Å². The lowest BCUT2D eigenvalue weighted by Crippen LogP contribution is -2.35. The molecule has 2 N–H and O–H groups in total. The Morgan fingerprint density at radius 3 is 2.65 bits per heavy atom. The summed E-state index contributed by atoms with van der Waals surface area (Å²) in [5.74, 6) is -1.36. The molecule has 10 heteroatoms. The van der Waals surface area contributed by atoms with E-state index in [4.69, 9.17) is 16.3 Å². The first kappa shape index (κ1) is 20.4. The van der Waals surface area contributed by atoms with Gasteiger partial charge in [-0.05, 0) is 43.6 Å². The monoisotopic (exact) mass is 416 g/mol. The minimum absolute atomic E-state index is 0.0243. The van der Waals surface area contributed by atoms with Gasteiger partial charge >= 0.3 is 5.97 Å². The average molecular weight is 417 g/mol. The Labute approximate surface area is 160 Å². The van der Waals surface area contributed by atoms with Crippen molar-refractivity contribution in [3.63, 3.8) is 0 Å². The van der Waals surface area contributed by atoms with E-state index in [2.05, 4.69) is 10.0 Å². The molecule has 1 atom stereocenters. The highest BCUT2D eigenvalue weighted by molar-refractivity contribution is 7.89. The molecule has 1 heterocycles. The van der Waals surface area contributed by atoms with Crippen molar-refractivity contribution in [1.29, 1.82) is 0 Å². The highest BCUT2D eigenvalue weighted by Gasteiger charge is 2.22. The third-order valence-corrected chi connectivity index (χ3v) is 6.02. The number of hydrogen-bond donors (Lipinski definition) is 2. The van der Waals surface area contributed by atoms with Crippen LogP contribution in [-0.4, -0.2) is 33.4 Å². The summed E-state index contributed by atoms with van der Waals surface area (Å²) in [6, 6.07) is 7.39. The number of hydrogen-bond acceptors (Lipinski definition) is 6. The Kier molecular flexibility index (Phi) is 6.76. The van der Waals surface area contributed by atoms with E-state index in [9.17, 15) is 18.0 Å². The van der Waals surface area contributed by atoms with Crippen molar-refractivity contribution in [2.45, 2.75) is 24.5 Å². The number of esters is 1. The van der Waals surface area contributed by atoms with Gasteiger partial charge in [0.25, 0.3) is 5.91 Å². The van der Waals surface area contributed by atoms with E-state index in [0.717, 1.165) is 10.9 Å². The Bertz CT molecular complexity index is 897. The highest BCUT2D eigenvalue weighted by atomic mass is 35.5. The maximum absolute atomic E-state index is 12.3. The van der Waals surface area contributed by atoms with Crippen LogP contribution in [0.5, 0.6) is 0 Å². The molecule has 26 heavy (non-hydrogen) atoms. The summed E-state index contributed by atoms with van der Waals surface area (Å²) in [6.07, 6.45) is -1.07. The Balaban J connectivity index is 2.06. The highest BCUT2D eigenvalue weighted by Crippen LogP contribution is 2.22. The van der Waals surface area contributed by atoms with E-state index in [1.165, 1.54) is 37.4 Å². The zero-order valence-electron chi connectivity index (χ0n) is 14.0.